The van der Waals surface area contributed by atoms with Gasteiger partial charge < -0.3 is 4.90 Å². The fourth-order valence-corrected chi connectivity index (χ4v) is 1.11. The molecule has 0 unspecified atom stereocenters. The zero-order valence-electron chi connectivity index (χ0n) is 9.70. The van der Waals surface area contributed by atoms with Crippen LogP contribution in [0, 0.1) is 0 Å². The van der Waals surface area contributed by atoms with Crippen LogP contribution in [0.25, 0.3) is 0 Å². The molecule has 0 saturated carbocycles. The van der Waals surface area contributed by atoms with E-state index in [-0.39, 0.29) is 0 Å². The highest BCUT2D eigenvalue weighted by atomic mass is 15.3. The normalized spacial score (nSPS) is 11.9. The van der Waals surface area contributed by atoms with Crippen LogP contribution in [0.4, 0.5) is 5.69 Å². The molecule has 0 aromatic heterocycles. The van der Waals surface area contributed by atoms with Crippen molar-refractivity contribution in [3.8, 4) is 0 Å². The van der Waals surface area contributed by atoms with Gasteiger partial charge in [-0.15, -0.1) is 0 Å². The van der Waals surface area contributed by atoms with Gasteiger partial charge in [-0.1, -0.05) is 18.2 Å². The summed E-state index contributed by atoms with van der Waals surface area (Å²) in [4.78, 5) is 2.15. The summed E-state index contributed by atoms with van der Waals surface area (Å²) in [6, 6.07) is 9.99. The van der Waals surface area contributed by atoms with Crippen LogP contribution in [-0.4, -0.2) is 31.3 Å². The Hall–Kier alpha value is -1.35. The quantitative estimate of drug-likeness (QED) is 0.590. The number of para-hydroxylation sites is 1. The van der Waals surface area contributed by atoms with Gasteiger partial charge in [0.1, 0.15) is 0 Å². The number of anilines is 1. The van der Waals surface area contributed by atoms with Gasteiger partial charge in [0.25, 0.3) is 0 Å². The molecule has 0 saturated heterocycles. The second-order valence-electron chi connectivity index (χ2n) is 3.88. The molecule has 0 radical (unpaired) electrons. The lowest BCUT2D eigenvalue weighted by Gasteiger charge is -2.08. The summed E-state index contributed by atoms with van der Waals surface area (Å²) < 4.78 is 0. The molecule has 0 aliphatic carbocycles. The molecule has 3 nitrogen and oxygen atoms in total. The minimum Gasteiger partial charge on any atom is -0.309 e. The van der Waals surface area contributed by atoms with Gasteiger partial charge in [-0.25, -0.2) is 0 Å². The predicted octanol–water partition coefficient (Wildman–Crippen LogP) is 2.43. The Morgan fingerprint density at radius 2 is 1.93 bits per heavy atom. The van der Waals surface area contributed by atoms with E-state index in [1.54, 1.807) is 0 Å². The fraction of sp³-hybridized carbons (Fsp3) is 0.417. The van der Waals surface area contributed by atoms with E-state index in [2.05, 4.69) is 29.5 Å². The van der Waals surface area contributed by atoms with E-state index in [1.165, 1.54) is 0 Å². The van der Waals surface area contributed by atoms with Crippen molar-refractivity contribution in [2.75, 3.05) is 26.1 Å². The molecule has 0 bridgehead atoms. The highest BCUT2D eigenvalue weighted by Crippen LogP contribution is 2.04. The van der Waals surface area contributed by atoms with Gasteiger partial charge in [0, 0.05) is 12.3 Å². The van der Waals surface area contributed by atoms with E-state index >= 15 is 0 Å². The van der Waals surface area contributed by atoms with E-state index in [1.807, 2.05) is 37.3 Å². The maximum Gasteiger partial charge on any atom is 0.0561 e. The van der Waals surface area contributed by atoms with E-state index in [0.717, 1.165) is 24.4 Å². The van der Waals surface area contributed by atoms with Gasteiger partial charge in [0.15, 0.2) is 0 Å². The van der Waals surface area contributed by atoms with Crippen molar-refractivity contribution in [3.05, 3.63) is 30.3 Å². The minimum atomic E-state index is 0.993. The molecule has 0 heterocycles. The van der Waals surface area contributed by atoms with E-state index in [4.69, 9.17) is 0 Å². The Balaban J connectivity index is 2.37. The summed E-state index contributed by atoms with van der Waals surface area (Å²) in [5, 5.41) is 4.31. The third-order valence-corrected chi connectivity index (χ3v) is 2.07. The summed E-state index contributed by atoms with van der Waals surface area (Å²) >= 11 is 0. The molecule has 82 valence electrons. The lowest BCUT2D eigenvalue weighted by molar-refractivity contribution is 0.421. The number of rotatable bonds is 5. The van der Waals surface area contributed by atoms with E-state index < -0.39 is 0 Å². The number of nitrogens with one attached hydrogen (secondary N) is 1. The van der Waals surface area contributed by atoms with Crippen molar-refractivity contribution in [2.45, 2.75) is 13.3 Å². The minimum absolute atomic E-state index is 0.993. The van der Waals surface area contributed by atoms with Gasteiger partial charge in [0.2, 0.25) is 0 Å². The first-order chi connectivity index (χ1) is 7.18. The average Bonchev–Trinajstić information content (AvgIpc) is 2.25. The third-order valence-electron chi connectivity index (χ3n) is 2.07. The summed E-state index contributed by atoms with van der Waals surface area (Å²) in [7, 11) is 4.13. The van der Waals surface area contributed by atoms with E-state index in [9.17, 15) is 0 Å². The summed E-state index contributed by atoms with van der Waals surface area (Å²) in [6.45, 7) is 3.07. The first-order valence-corrected chi connectivity index (χ1v) is 5.17. The van der Waals surface area contributed by atoms with Gasteiger partial charge >= 0.3 is 0 Å². The van der Waals surface area contributed by atoms with Crippen molar-refractivity contribution in [1.82, 2.24) is 4.90 Å². The highest BCUT2D eigenvalue weighted by Gasteiger charge is 1.94. The van der Waals surface area contributed by atoms with Crippen molar-refractivity contribution < 1.29 is 0 Å². The Labute approximate surface area is 91.8 Å². The molecule has 3 heteroatoms. The summed E-state index contributed by atoms with van der Waals surface area (Å²) in [5.74, 6) is 0. The molecular weight excluding hydrogens is 186 g/mol. The third kappa shape index (κ3) is 5.18. The van der Waals surface area contributed by atoms with E-state index in [0.29, 0.717) is 0 Å². The van der Waals surface area contributed by atoms with Crippen LogP contribution in [0.15, 0.2) is 35.4 Å². The van der Waals surface area contributed by atoms with Crippen molar-refractivity contribution >= 4 is 11.4 Å². The Morgan fingerprint density at radius 3 is 2.53 bits per heavy atom. The van der Waals surface area contributed by atoms with Gasteiger partial charge in [-0.3, -0.25) is 5.43 Å². The lowest BCUT2D eigenvalue weighted by Crippen LogP contribution is -2.15. The first kappa shape index (κ1) is 11.7. The highest BCUT2D eigenvalue weighted by molar-refractivity contribution is 5.82. The average molecular weight is 205 g/mol. The number of benzene rings is 1. The topological polar surface area (TPSA) is 27.6 Å². The molecule has 0 spiro atoms. The van der Waals surface area contributed by atoms with Crippen molar-refractivity contribution in [1.29, 1.82) is 0 Å². The molecule has 0 amide bonds. The monoisotopic (exact) mass is 205 g/mol. The van der Waals surface area contributed by atoms with Crippen LogP contribution >= 0.6 is 0 Å². The maximum atomic E-state index is 4.31. The van der Waals surface area contributed by atoms with Gasteiger partial charge in [0.05, 0.1) is 5.69 Å². The molecule has 0 aliphatic rings. The second-order valence-corrected chi connectivity index (χ2v) is 3.88. The molecular formula is C12H19N3. The van der Waals surface area contributed by atoms with Crippen LogP contribution in [0.1, 0.15) is 13.3 Å². The summed E-state index contributed by atoms with van der Waals surface area (Å²) in [5.41, 5.74) is 5.19. The molecule has 0 atom stereocenters. The molecule has 0 fully saturated rings. The number of hydrazone groups is 1. The number of nitrogens with zero attached hydrogens (tertiary/aromatic N) is 2. The zero-order valence-corrected chi connectivity index (χ0v) is 9.70. The molecule has 1 rings (SSSR count). The summed E-state index contributed by atoms with van der Waals surface area (Å²) in [6.07, 6.45) is 0.993. The maximum absolute atomic E-state index is 4.31. The molecule has 1 aromatic carbocycles. The first-order valence-electron chi connectivity index (χ1n) is 5.17. The SMILES string of the molecule is C/C(CCN(C)C)=N\Nc1ccccc1. The smallest absolute Gasteiger partial charge is 0.0561 e. The van der Waals surface area contributed by atoms with Crippen LogP contribution in [-0.2, 0) is 0 Å². The molecule has 0 aliphatic heterocycles. The fourth-order valence-electron chi connectivity index (χ4n) is 1.11. The second kappa shape index (κ2) is 6.19. The van der Waals surface area contributed by atoms with Crippen molar-refractivity contribution in [2.24, 2.45) is 5.10 Å². The largest absolute Gasteiger partial charge is 0.309 e. The van der Waals surface area contributed by atoms with Crippen LogP contribution in [0.3, 0.4) is 0 Å². The van der Waals surface area contributed by atoms with Crippen LogP contribution < -0.4 is 5.43 Å². The van der Waals surface area contributed by atoms with Gasteiger partial charge in [-0.05, 0) is 39.6 Å². The number of hydrogen-bond donors (Lipinski definition) is 1. The lowest BCUT2D eigenvalue weighted by atomic mass is 10.3. The number of hydrogen-bond acceptors (Lipinski definition) is 3. The Kier molecular flexibility index (Phi) is 4.84. The van der Waals surface area contributed by atoms with Crippen LogP contribution in [0.2, 0.25) is 0 Å². The molecule has 1 N–H and O–H groups in total. The molecule has 15 heavy (non-hydrogen) atoms. The standard InChI is InChI=1S/C12H19N3/c1-11(9-10-15(2)3)13-14-12-7-5-4-6-8-12/h4-8,14H,9-10H2,1-3H3/b13-11+. The Morgan fingerprint density at radius 1 is 1.27 bits per heavy atom. The Bertz CT molecular complexity index is 304. The van der Waals surface area contributed by atoms with Gasteiger partial charge in [-0.2, -0.15) is 5.10 Å². The van der Waals surface area contributed by atoms with Crippen molar-refractivity contribution in [3.63, 3.8) is 0 Å². The molecule has 1 aromatic rings. The predicted molar refractivity (Wildman–Crippen MR) is 66.3 cm³/mol. The zero-order chi connectivity index (χ0) is 11.1. The van der Waals surface area contributed by atoms with Crippen LogP contribution in [0.5, 0.6) is 0 Å².